The van der Waals surface area contributed by atoms with Crippen LogP contribution in [-0.4, -0.2) is 70.4 Å². The number of ether oxygens (including phenoxy) is 2. The second kappa shape index (κ2) is 12.0. The lowest BCUT2D eigenvalue weighted by Crippen LogP contribution is -2.18. The molecule has 0 aromatic carbocycles. The van der Waals surface area contributed by atoms with E-state index >= 15 is 0 Å². The Morgan fingerprint density at radius 3 is 1.53 bits per heavy atom. The van der Waals surface area contributed by atoms with Gasteiger partial charge >= 0.3 is 6.16 Å². The summed E-state index contributed by atoms with van der Waals surface area (Å²) in [5.74, 6) is 0. The van der Waals surface area contributed by atoms with E-state index in [0.29, 0.717) is 13.2 Å². The van der Waals surface area contributed by atoms with E-state index in [1.54, 1.807) is 0 Å². The van der Waals surface area contributed by atoms with Crippen LogP contribution in [0.3, 0.4) is 0 Å². The fourth-order valence-electron chi connectivity index (χ4n) is 1.11. The van der Waals surface area contributed by atoms with Crippen molar-refractivity contribution >= 4 is 18.6 Å². The van der Waals surface area contributed by atoms with E-state index in [1.165, 1.54) is 0 Å². The van der Waals surface area contributed by atoms with Crippen molar-refractivity contribution in [3.05, 3.63) is 0 Å². The average Bonchev–Trinajstić information content (AvgIpc) is 2.19. The van der Waals surface area contributed by atoms with Gasteiger partial charge in [0, 0.05) is 13.1 Å². The molecule has 0 atom stereocenters. The van der Waals surface area contributed by atoms with Gasteiger partial charge in [-0.15, -0.1) is 12.4 Å². The minimum atomic E-state index is -0.558. The summed E-state index contributed by atoms with van der Waals surface area (Å²) in [6.07, 6.45) is 1.11. The molecule has 0 unspecified atom stereocenters. The quantitative estimate of drug-likeness (QED) is 0.493. The molecule has 0 saturated carbocycles. The van der Waals surface area contributed by atoms with E-state index in [4.69, 9.17) is 9.47 Å². The summed E-state index contributed by atoms with van der Waals surface area (Å²) in [5.41, 5.74) is 0. The van der Waals surface area contributed by atoms with E-state index in [0.717, 1.165) is 25.9 Å². The Morgan fingerprint density at radius 2 is 1.24 bits per heavy atom. The number of halogens is 1. The molecule has 104 valence electrons. The Kier molecular flexibility index (Phi) is 13.2. The Labute approximate surface area is 110 Å². The lowest BCUT2D eigenvalue weighted by Gasteiger charge is -2.11. The van der Waals surface area contributed by atoms with Gasteiger partial charge in [0.15, 0.2) is 0 Å². The van der Waals surface area contributed by atoms with Gasteiger partial charge in [0.05, 0.1) is 13.2 Å². The first kappa shape index (κ1) is 18.8. The maximum absolute atomic E-state index is 11.1. The number of hydrogen-bond donors (Lipinski definition) is 0. The van der Waals surface area contributed by atoms with Crippen LogP contribution in [0, 0.1) is 0 Å². The van der Waals surface area contributed by atoms with Crippen LogP contribution in [0.25, 0.3) is 0 Å². The monoisotopic (exact) mass is 268 g/mol. The predicted molar refractivity (Wildman–Crippen MR) is 70.9 cm³/mol. The summed E-state index contributed by atoms with van der Waals surface area (Å²) in [6.45, 7) is 2.66. The molecular weight excluding hydrogens is 244 g/mol. The van der Waals surface area contributed by atoms with Crippen molar-refractivity contribution in [1.29, 1.82) is 0 Å². The van der Waals surface area contributed by atoms with Gasteiger partial charge in [-0.1, -0.05) is 0 Å². The fraction of sp³-hybridized carbons (Fsp3) is 0.909. The molecule has 0 radical (unpaired) electrons. The van der Waals surface area contributed by atoms with Gasteiger partial charge in [-0.2, -0.15) is 0 Å². The topological polar surface area (TPSA) is 42.0 Å². The third-order valence-corrected chi connectivity index (χ3v) is 1.94. The summed E-state index contributed by atoms with van der Waals surface area (Å²) in [4.78, 5) is 15.2. The van der Waals surface area contributed by atoms with E-state index in [-0.39, 0.29) is 12.4 Å². The zero-order valence-corrected chi connectivity index (χ0v) is 12.1. The van der Waals surface area contributed by atoms with Crippen LogP contribution in [-0.2, 0) is 9.47 Å². The second-order valence-electron chi connectivity index (χ2n) is 4.26. The van der Waals surface area contributed by atoms with Crippen molar-refractivity contribution in [2.45, 2.75) is 12.8 Å². The van der Waals surface area contributed by atoms with Crippen molar-refractivity contribution in [3.63, 3.8) is 0 Å². The SMILES string of the molecule is CN(C)CCCOC(=O)OCCCN(C)C.Cl. The van der Waals surface area contributed by atoms with Crippen LogP contribution in [0.5, 0.6) is 0 Å². The summed E-state index contributed by atoms with van der Waals surface area (Å²) in [7, 11) is 7.94. The standard InChI is InChI=1S/C11H24N2O3.ClH/c1-12(2)7-5-9-15-11(14)16-10-6-8-13(3)4;/h5-10H2,1-4H3;1H. The lowest BCUT2D eigenvalue weighted by atomic mass is 10.4. The highest BCUT2D eigenvalue weighted by Crippen LogP contribution is 1.92. The zero-order valence-electron chi connectivity index (χ0n) is 11.3. The molecule has 0 fully saturated rings. The third-order valence-electron chi connectivity index (χ3n) is 1.94. The molecule has 0 aliphatic heterocycles. The molecule has 0 aliphatic rings. The molecular formula is C11H25ClN2O3. The van der Waals surface area contributed by atoms with Crippen molar-refractivity contribution < 1.29 is 14.3 Å². The zero-order chi connectivity index (χ0) is 12.4. The molecule has 0 aromatic rings. The Hall–Kier alpha value is -0.520. The van der Waals surface area contributed by atoms with Gasteiger partial charge in [-0.25, -0.2) is 4.79 Å². The molecule has 6 heteroatoms. The molecule has 0 bridgehead atoms. The highest BCUT2D eigenvalue weighted by atomic mass is 35.5. The molecule has 0 amide bonds. The van der Waals surface area contributed by atoms with Crippen LogP contribution in [0.4, 0.5) is 4.79 Å². The van der Waals surface area contributed by atoms with Gasteiger partial charge in [0.25, 0.3) is 0 Å². The third kappa shape index (κ3) is 15.5. The van der Waals surface area contributed by atoms with Gasteiger partial charge in [-0.3, -0.25) is 0 Å². The maximum atomic E-state index is 11.1. The molecule has 0 saturated heterocycles. The number of carbonyl (C=O) groups excluding carboxylic acids is 1. The minimum absolute atomic E-state index is 0. The van der Waals surface area contributed by atoms with Gasteiger partial charge < -0.3 is 19.3 Å². The van der Waals surface area contributed by atoms with E-state index in [9.17, 15) is 4.79 Å². The first-order chi connectivity index (χ1) is 7.52. The van der Waals surface area contributed by atoms with Crippen LogP contribution in [0.2, 0.25) is 0 Å². The van der Waals surface area contributed by atoms with E-state index < -0.39 is 6.16 Å². The van der Waals surface area contributed by atoms with E-state index in [2.05, 4.69) is 0 Å². The maximum Gasteiger partial charge on any atom is 0.508 e. The molecule has 0 N–H and O–H groups in total. The van der Waals surface area contributed by atoms with Crippen molar-refractivity contribution in [2.24, 2.45) is 0 Å². The van der Waals surface area contributed by atoms with E-state index in [1.807, 2.05) is 38.0 Å². The highest BCUT2D eigenvalue weighted by Gasteiger charge is 2.03. The van der Waals surface area contributed by atoms with Crippen LogP contribution < -0.4 is 0 Å². The van der Waals surface area contributed by atoms with Gasteiger partial charge in [0.2, 0.25) is 0 Å². The Morgan fingerprint density at radius 1 is 0.882 bits per heavy atom. The summed E-state index contributed by atoms with van der Waals surface area (Å²) in [5, 5.41) is 0. The fourth-order valence-corrected chi connectivity index (χ4v) is 1.11. The number of carbonyl (C=O) groups is 1. The second-order valence-corrected chi connectivity index (χ2v) is 4.26. The lowest BCUT2D eigenvalue weighted by molar-refractivity contribution is 0.0514. The Balaban J connectivity index is 0. The van der Waals surface area contributed by atoms with Crippen LogP contribution in [0.15, 0.2) is 0 Å². The highest BCUT2D eigenvalue weighted by molar-refractivity contribution is 5.85. The minimum Gasteiger partial charge on any atom is -0.434 e. The summed E-state index contributed by atoms with van der Waals surface area (Å²) >= 11 is 0. The van der Waals surface area contributed by atoms with Crippen molar-refractivity contribution in [1.82, 2.24) is 9.80 Å². The van der Waals surface area contributed by atoms with Gasteiger partial charge in [-0.05, 0) is 41.0 Å². The molecule has 0 aliphatic carbocycles. The largest absolute Gasteiger partial charge is 0.508 e. The molecule has 0 rings (SSSR count). The van der Waals surface area contributed by atoms with Crippen molar-refractivity contribution in [2.75, 3.05) is 54.5 Å². The average molecular weight is 269 g/mol. The number of hydrogen-bond acceptors (Lipinski definition) is 5. The molecule has 0 aromatic heterocycles. The normalized spacial score (nSPS) is 10.2. The van der Waals surface area contributed by atoms with Crippen molar-refractivity contribution in [3.8, 4) is 0 Å². The smallest absolute Gasteiger partial charge is 0.434 e. The summed E-state index contributed by atoms with van der Waals surface area (Å²) < 4.78 is 9.80. The first-order valence-electron chi connectivity index (χ1n) is 5.61. The summed E-state index contributed by atoms with van der Waals surface area (Å²) in [6, 6.07) is 0. The molecule has 0 spiro atoms. The predicted octanol–water partition coefficient (Wildman–Crippen LogP) is 1.46. The number of nitrogens with zero attached hydrogens (tertiary/aromatic N) is 2. The van der Waals surface area contributed by atoms with Crippen LogP contribution >= 0.6 is 12.4 Å². The molecule has 0 heterocycles. The molecule has 17 heavy (non-hydrogen) atoms. The number of rotatable bonds is 8. The first-order valence-corrected chi connectivity index (χ1v) is 5.61. The molecule has 5 nitrogen and oxygen atoms in total. The van der Waals surface area contributed by atoms with Gasteiger partial charge in [0.1, 0.15) is 0 Å². The Bertz CT molecular complexity index is 172. The van der Waals surface area contributed by atoms with Crippen LogP contribution in [0.1, 0.15) is 12.8 Å².